The lowest BCUT2D eigenvalue weighted by molar-refractivity contribution is -0.211. The average Bonchev–Trinajstić information content (AvgIpc) is 2.78. The Labute approximate surface area is 136 Å². The van der Waals surface area contributed by atoms with Crippen LogP contribution >= 0.6 is 0 Å². The van der Waals surface area contributed by atoms with Crippen LogP contribution < -0.4 is 5.73 Å². The summed E-state index contributed by atoms with van der Waals surface area (Å²) in [6.45, 7) is 4.34. The first kappa shape index (κ1) is 20.0. The number of carbonyl (C=O) groups is 3. The summed E-state index contributed by atoms with van der Waals surface area (Å²) < 4.78 is 50.7. The van der Waals surface area contributed by atoms with Crippen LogP contribution in [0.3, 0.4) is 0 Å². The van der Waals surface area contributed by atoms with E-state index in [1.807, 2.05) is 0 Å². The third-order valence-corrected chi connectivity index (χ3v) is 3.09. The summed E-state index contributed by atoms with van der Waals surface area (Å²) in [6, 6.07) is -0.989. The summed E-state index contributed by atoms with van der Waals surface area (Å²) in [5.41, 5.74) is 5.57. The molecule has 138 valence electrons. The van der Waals surface area contributed by atoms with E-state index in [4.69, 9.17) is 15.2 Å². The molecular formula is C13H19F3N2O6. The molecule has 0 bridgehead atoms. The molecule has 0 radical (unpaired) electrons. The van der Waals surface area contributed by atoms with Crippen LogP contribution in [0.4, 0.5) is 18.0 Å². The maximum absolute atomic E-state index is 12.3. The van der Waals surface area contributed by atoms with Gasteiger partial charge in [-0.15, -0.1) is 0 Å². The summed E-state index contributed by atoms with van der Waals surface area (Å²) in [7, 11) is 0. The quantitative estimate of drug-likeness (QED) is 0.594. The summed E-state index contributed by atoms with van der Waals surface area (Å²) in [5, 5.41) is 0. The van der Waals surface area contributed by atoms with E-state index < -0.39 is 48.7 Å². The Morgan fingerprint density at radius 3 is 2.25 bits per heavy atom. The highest BCUT2D eigenvalue weighted by Gasteiger charge is 2.47. The number of likely N-dealkylation sites (tertiary alicyclic amines) is 1. The highest BCUT2D eigenvalue weighted by atomic mass is 19.4. The van der Waals surface area contributed by atoms with Crippen LogP contribution in [0.2, 0.25) is 0 Å². The Bertz CT molecular complexity index is 497. The summed E-state index contributed by atoms with van der Waals surface area (Å²) in [4.78, 5) is 35.0. The van der Waals surface area contributed by atoms with Crippen molar-refractivity contribution in [3.05, 3.63) is 0 Å². The number of halogens is 3. The second kappa shape index (κ2) is 7.69. The summed E-state index contributed by atoms with van der Waals surface area (Å²) in [5.74, 6) is -3.53. The molecule has 8 nitrogen and oxygen atoms in total. The average molecular weight is 356 g/mol. The molecule has 1 unspecified atom stereocenters. The Kier molecular flexibility index (Phi) is 6.41. The van der Waals surface area contributed by atoms with Crippen molar-refractivity contribution in [1.29, 1.82) is 0 Å². The van der Waals surface area contributed by atoms with E-state index in [1.54, 1.807) is 13.8 Å². The van der Waals surface area contributed by atoms with Crippen molar-refractivity contribution in [3.8, 4) is 0 Å². The standard InChI is InChI=1S/C13H19F3N2O6/c1-6(2)10(19)22-7(3)23-12(21)18-5-4-8(17)9(18)24-11(20)13(14,15)16/h6-9H,4-5,17H2,1-3H3/t7-,8-,9?/m0/s1. The highest BCUT2D eigenvalue weighted by molar-refractivity contribution is 5.76. The van der Waals surface area contributed by atoms with Gasteiger partial charge >= 0.3 is 24.2 Å². The van der Waals surface area contributed by atoms with Gasteiger partial charge in [0.1, 0.15) is 0 Å². The van der Waals surface area contributed by atoms with Gasteiger partial charge in [0.25, 0.3) is 0 Å². The summed E-state index contributed by atoms with van der Waals surface area (Å²) in [6.07, 6.45) is -9.07. The van der Waals surface area contributed by atoms with Crippen molar-refractivity contribution < 1.29 is 41.8 Å². The van der Waals surface area contributed by atoms with Crippen molar-refractivity contribution in [2.75, 3.05) is 6.54 Å². The molecule has 0 aromatic carbocycles. The zero-order chi connectivity index (χ0) is 18.7. The first-order valence-electron chi connectivity index (χ1n) is 7.14. The van der Waals surface area contributed by atoms with Crippen LogP contribution in [0.15, 0.2) is 0 Å². The van der Waals surface area contributed by atoms with Gasteiger partial charge in [-0.3, -0.25) is 9.69 Å². The molecule has 1 amide bonds. The van der Waals surface area contributed by atoms with Crippen molar-refractivity contribution in [2.45, 2.75) is 51.9 Å². The number of amides is 1. The van der Waals surface area contributed by atoms with Gasteiger partial charge in [0, 0.05) is 13.5 Å². The smallest absolute Gasteiger partial charge is 0.433 e. The van der Waals surface area contributed by atoms with E-state index >= 15 is 0 Å². The molecule has 1 heterocycles. The van der Waals surface area contributed by atoms with Crippen molar-refractivity contribution in [1.82, 2.24) is 4.90 Å². The minimum atomic E-state index is -5.21. The molecule has 0 aromatic heterocycles. The Morgan fingerprint density at radius 2 is 1.75 bits per heavy atom. The fraction of sp³-hybridized carbons (Fsp3) is 0.769. The van der Waals surface area contributed by atoms with Crippen LogP contribution in [0.5, 0.6) is 0 Å². The maximum atomic E-state index is 12.3. The van der Waals surface area contributed by atoms with Crippen LogP contribution in [0.25, 0.3) is 0 Å². The highest BCUT2D eigenvalue weighted by Crippen LogP contribution is 2.24. The zero-order valence-electron chi connectivity index (χ0n) is 13.3. The van der Waals surface area contributed by atoms with E-state index in [9.17, 15) is 27.6 Å². The van der Waals surface area contributed by atoms with Crippen molar-refractivity contribution >= 4 is 18.0 Å². The number of nitrogens with zero attached hydrogens (tertiary/aromatic N) is 1. The Balaban J connectivity index is 2.67. The number of esters is 2. The molecule has 24 heavy (non-hydrogen) atoms. The number of nitrogens with two attached hydrogens (primary N) is 1. The second-order valence-corrected chi connectivity index (χ2v) is 5.48. The van der Waals surface area contributed by atoms with Crippen LogP contribution in [-0.4, -0.2) is 54.2 Å². The number of alkyl halides is 3. The van der Waals surface area contributed by atoms with Gasteiger partial charge < -0.3 is 19.9 Å². The molecule has 3 atom stereocenters. The SMILES string of the molecule is CC(C)C(=O)O[C@H](C)OC(=O)N1CC[C@H](N)C1OC(=O)C(F)(F)F. The molecule has 1 rings (SSSR count). The third kappa shape index (κ3) is 5.25. The molecule has 0 saturated carbocycles. The fourth-order valence-corrected chi connectivity index (χ4v) is 1.85. The van der Waals surface area contributed by atoms with Crippen LogP contribution in [0.1, 0.15) is 27.2 Å². The van der Waals surface area contributed by atoms with Gasteiger partial charge in [-0.1, -0.05) is 13.8 Å². The van der Waals surface area contributed by atoms with Crippen LogP contribution in [0, 0.1) is 5.92 Å². The van der Waals surface area contributed by atoms with Gasteiger partial charge in [-0.2, -0.15) is 13.2 Å². The minimum absolute atomic E-state index is 0.0688. The topological polar surface area (TPSA) is 108 Å². The van der Waals surface area contributed by atoms with E-state index in [-0.39, 0.29) is 13.0 Å². The maximum Gasteiger partial charge on any atom is 0.491 e. The number of rotatable bonds is 4. The van der Waals surface area contributed by atoms with Gasteiger partial charge in [0.05, 0.1) is 12.0 Å². The third-order valence-electron chi connectivity index (χ3n) is 3.09. The van der Waals surface area contributed by atoms with Gasteiger partial charge in [-0.25, -0.2) is 9.59 Å². The number of ether oxygens (including phenoxy) is 3. The largest absolute Gasteiger partial charge is 0.491 e. The lowest BCUT2D eigenvalue weighted by Gasteiger charge is -2.27. The molecule has 0 aromatic rings. The molecule has 11 heteroatoms. The number of hydrogen-bond acceptors (Lipinski definition) is 7. The Hall–Kier alpha value is -2.04. The van der Waals surface area contributed by atoms with E-state index in [2.05, 4.69) is 4.74 Å². The number of carbonyl (C=O) groups excluding carboxylic acids is 3. The predicted molar refractivity (Wildman–Crippen MR) is 72.1 cm³/mol. The van der Waals surface area contributed by atoms with Gasteiger partial charge in [0.2, 0.25) is 6.29 Å². The number of hydrogen-bond donors (Lipinski definition) is 1. The van der Waals surface area contributed by atoms with Crippen molar-refractivity contribution in [3.63, 3.8) is 0 Å². The van der Waals surface area contributed by atoms with Crippen LogP contribution in [-0.2, 0) is 23.8 Å². The molecule has 1 saturated heterocycles. The van der Waals surface area contributed by atoms with E-state index in [1.165, 1.54) is 6.92 Å². The molecular weight excluding hydrogens is 337 g/mol. The molecule has 1 aliphatic heterocycles. The molecule has 0 aliphatic carbocycles. The predicted octanol–water partition coefficient (Wildman–Crippen LogP) is 1.13. The lowest BCUT2D eigenvalue weighted by atomic mass is 10.2. The summed E-state index contributed by atoms with van der Waals surface area (Å²) >= 11 is 0. The van der Waals surface area contributed by atoms with Crippen molar-refractivity contribution in [2.24, 2.45) is 11.7 Å². The first-order valence-corrected chi connectivity index (χ1v) is 7.14. The second-order valence-electron chi connectivity index (χ2n) is 5.48. The normalized spacial score (nSPS) is 22.2. The van der Waals surface area contributed by atoms with E-state index in [0.717, 1.165) is 4.90 Å². The molecule has 2 N–H and O–H groups in total. The minimum Gasteiger partial charge on any atom is -0.433 e. The van der Waals surface area contributed by atoms with E-state index in [0.29, 0.717) is 0 Å². The fourth-order valence-electron chi connectivity index (χ4n) is 1.85. The molecule has 1 aliphatic rings. The molecule has 0 spiro atoms. The van der Waals surface area contributed by atoms with Gasteiger partial charge in [0.15, 0.2) is 6.23 Å². The zero-order valence-corrected chi connectivity index (χ0v) is 13.3. The van der Waals surface area contributed by atoms with Gasteiger partial charge in [-0.05, 0) is 6.42 Å². The molecule has 1 fully saturated rings. The Morgan fingerprint density at radius 1 is 1.17 bits per heavy atom. The monoisotopic (exact) mass is 356 g/mol. The lowest BCUT2D eigenvalue weighted by Crippen LogP contribution is -2.48. The first-order chi connectivity index (χ1) is 10.9.